The van der Waals surface area contributed by atoms with Crippen molar-refractivity contribution in [1.82, 2.24) is 10.2 Å². The lowest BCUT2D eigenvalue weighted by Gasteiger charge is -2.32. The summed E-state index contributed by atoms with van der Waals surface area (Å²) in [5.74, 6) is 0. The maximum absolute atomic E-state index is 12.0. The van der Waals surface area contributed by atoms with Gasteiger partial charge in [0.05, 0.1) is 12.2 Å². The summed E-state index contributed by atoms with van der Waals surface area (Å²) < 4.78 is 5.72. The van der Waals surface area contributed by atoms with Crippen LogP contribution in [0.1, 0.15) is 18.4 Å². The molecular weight excluding hydrogens is 228 g/mol. The van der Waals surface area contributed by atoms with Crippen molar-refractivity contribution in [2.75, 3.05) is 13.1 Å². The molecule has 2 unspecified atom stereocenters. The highest BCUT2D eigenvalue weighted by Crippen LogP contribution is 2.26. The molecule has 2 fully saturated rings. The Hall–Kier alpha value is -1.55. The van der Waals surface area contributed by atoms with Crippen LogP contribution in [0.4, 0.5) is 4.79 Å². The number of carbonyl (C=O) groups excluding carboxylic acids is 1. The first-order chi connectivity index (χ1) is 8.81. The molecule has 2 heterocycles. The number of urea groups is 1. The van der Waals surface area contributed by atoms with Crippen LogP contribution >= 0.6 is 0 Å². The average Bonchev–Trinajstić information content (AvgIpc) is 2.76. The SMILES string of the molecule is O=C(NCc1ccccc1)N1CC2CCC(C1)O2. The van der Waals surface area contributed by atoms with E-state index < -0.39 is 0 Å². The van der Waals surface area contributed by atoms with Gasteiger partial charge < -0.3 is 15.0 Å². The molecule has 2 saturated heterocycles. The van der Waals surface area contributed by atoms with Gasteiger partial charge in [-0.15, -0.1) is 0 Å². The van der Waals surface area contributed by atoms with Gasteiger partial charge in [-0.2, -0.15) is 0 Å². The van der Waals surface area contributed by atoms with Crippen LogP contribution in [0.3, 0.4) is 0 Å². The van der Waals surface area contributed by atoms with Gasteiger partial charge in [0.2, 0.25) is 0 Å². The molecule has 18 heavy (non-hydrogen) atoms. The first-order valence-electron chi connectivity index (χ1n) is 6.53. The molecule has 0 radical (unpaired) electrons. The number of nitrogens with one attached hydrogen (secondary N) is 1. The van der Waals surface area contributed by atoms with E-state index >= 15 is 0 Å². The molecule has 2 bridgehead atoms. The maximum Gasteiger partial charge on any atom is 0.317 e. The van der Waals surface area contributed by atoms with E-state index in [1.54, 1.807) is 0 Å². The number of nitrogens with zero attached hydrogens (tertiary/aromatic N) is 1. The van der Waals surface area contributed by atoms with Crippen LogP contribution in [0.5, 0.6) is 0 Å². The first-order valence-corrected chi connectivity index (χ1v) is 6.53. The summed E-state index contributed by atoms with van der Waals surface area (Å²) in [7, 11) is 0. The third-order valence-corrected chi connectivity index (χ3v) is 3.62. The second-order valence-electron chi connectivity index (χ2n) is 5.01. The Labute approximate surface area is 107 Å². The minimum Gasteiger partial charge on any atom is -0.371 e. The Balaban J connectivity index is 1.53. The number of benzene rings is 1. The van der Waals surface area contributed by atoms with E-state index in [4.69, 9.17) is 4.74 Å². The number of hydrogen-bond acceptors (Lipinski definition) is 2. The van der Waals surface area contributed by atoms with Crippen LogP contribution in [-0.4, -0.2) is 36.2 Å². The van der Waals surface area contributed by atoms with E-state index in [9.17, 15) is 4.79 Å². The van der Waals surface area contributed by atoms with Gasteiger partial charge >= 0.3 is 6.03 Å². The lowest BCUT2D eigenvalue weighted by atomic mass is 10.2. The van der Waals surface area contributed by atoms with Crippen molar-refractivity contribution in [2.24, 2.45) is 0 Å². The van der Waals surface area contributed by atoms with Crippen molar-refractivity contribution in [3.8, 4) is 0 Å². The molecule has 0 aromatic heterocycles. The summed E-state index contributed by atoms with van der Waals surface area (Å²) in [5, 5.41) is 2.97. The van der Waals surface area contributed by atoms with Crippen LogP contribution in [0.15, 0.2) is 30.3 Å². The van der Waals surface area contributed by atoms with Crippen molar-refractivity contribution >= 4 is 6.03 Å². The summed E-state index contributed by atoms with van der Waals surface area (Å²) in [5.41, 5.74) is 1.13. The topological polar surface area (TPSA) is 41.6 Å². The van der Waals surface area contributed by atoms with Gasteiger partial charge in [0.15, 0.2) is 0 Å². The predicted molar refractivity (Wildman–Crippen MR) is 68.1 cm³/mol. The Bertz CT molecular complexity index is 409. The Morgan fingerprint density at radius 3 is 2.56 bits per heavy atom. The number of rotatable bonds is 2. The van der Waals surface area contributed by atoms with Gasteiger partial charge in [-0.1, -0.05) is 30.3 Å². The second-order valence-corrected chi connectivity index (χ2v) is 5.01. The summed E-state index contributed by atoms with van der Waals surface area (Å²) in [4.78, 5) is 13.9. The van der Waals surface area contributed by atoms with Crippen LogP contribution in [0.2, 0.25) is 0 Å². The zero-order chi connectivity index (χ0) is 12.4. The summed E-state index contributed by atoms with van der Waals surface area (Å²) in [6.45, 7) is 2.06. The Morgan fingerprint density at radius 2 is 1.89 bits per heavy atom. The molecule has 2 aliphatic heterocycles. The molecule has 2 aliphatic rings. The minimum absolute atomic E-state index is 0.0269. The number of carbonyl (C=O) groups is 1. The van der Waals surface area contributed by atoms with E-state index in [1.165, 1.54) is 0 Å². The van der Waals surface area contributed by atoms with E-state index in [2.05, 4.69) is 5.32 Å². The van der Waals surface area contributed by atoms with Crippen molar-refractivity contribution < 1.29 is 9.53 Å². The molecule has 1 aromatic carbocycles. The molecule has 3 rings (SSSR count). The van der Waals surface area contributed by atoms with E-state index in [0.717, 1.165) is 31.5 Å². The summed E-state index contributed by atoms with van der Waals surface area (Å²) >= 11 is 0. The molecule has 2 amide bonds. The van der Waals surface area contributed by atoms with Crippen LogP contribution in [0.25, 0.3) is 0 Å². The number of morpholine rings is 1. The monoisotopic (exact) mass is 246 g/mol. The van der Waals surface area contributed by atoms with Crippen molar-refractivity contribution in [2.45, 2.75) is 31.6 Å². The minimum atomic E-state index is 0.0269. The van der Waals surface area contributed by atoms with E-state index in [1.807, 2.05) is 35.2 Å². The third kappa shape index (κ3) is 2.48. The fraction of sp³-hybridized carbons (Fsp3) is 0.500. The molecule has 0 aliphatic carbocycles. The first kappa shape index (κ1) is 11.5. The zero-order valence-corrected chi connectivity index (χ0v) is 10.3. The highest BCUT2D eigenvalue weighted by molar-refractivity contribution is 5.74. The van der Waals surface area contributed by atoms with Crippen molar-refractivity contribution in [1.29, 1.82) is 0 Å². The smallest absolute Gasteiger partial charge is 0.317 e. The predicted octanol–water partition coefficient (Wildman–Crippen LogP) is 1.76. The highest BCUT2D eigenvalue weighted by atomic mass is 16.5. The van der Waals surface area contributed by atoms with Crippen LogP contribution < -0.4 is 5.32 Å². The van der Waals surface area contributed by atoms with Gasteiger partial charge in [0.1, 0.15) is 0 Å². The van der Waals surface area contributed by atoms with E-state index in [-0.39, 0.29) is 18.2 Å². The van der Waals surface area contributed by atoms with E-state index in [0.29, 0.717) is 6.54 Å². The number of amides is 2. The van der Waals surface area contributed by atoms with Gasteiger partial charge in [-0.05, 0) is 18.4 Å². The average molecular weight is 246 g/mol. The number of hydrogen-bond donors (Lipinski definition) is 1. The molecule has 2 atom stereocenters. The third-order valence-electron chi connectivity index (χ3n) is 3.62. The Morgan fingerprint density at radius 1 is 1.22 bits per heavy atom. The normalized spacial score (nSPS) is 26.1. The van der Waals surface area contributed by atoms with Gasteiger partial charge in [0.25, 0.3) is 0 Å². The molecule has 1 N–H and O–H groups in total. The fourth-order valence-electron chi connectivity index (χ4n) is 2.67. The second kappa shape index (κ2) is 4.98. The maximum atomic E-state index is 12.0. The summed E-state index contributed by atoms with van der Waals surface area (Å²) in [6, 6.07) is 10.0. The van der Waals surface area contributed by atoms with Crippen LogP contribution in [0, 0.1) is 0 Å². The van der Waals surface area contributed by atoms with Gasteiger partial charge in [-0.25, -0.2) is 4.79 Å². The van der Waals surface area contributed by atoms with Crippen LogP contribution in [-0.2, 0) is 11.3 Å². The fourth-order valence-corrected chi connectivity index (χ4v) is 2.67. The van der Waals surface area contributed by atoms with Gasteiger partial charge in [0, 0.05) is 19.6 Å². The number of ether oxygens (including phenoxy) is 1. The molecular formula is C14H18N2O2. The molecule has 0 spiro atoms. The lowest BCUT2D eigenvalue weighted by Crippen LogP contribution is -2.49. The molecule has 96 valence electrons. The van der Waals surface area contributed by atoms with Gasteiger partial charge in [-0.3, -0.25) is 0 Å². The highest BCUT2D eigenvalue weighted by Gasteiger charge is 2.35. The lowest BCUT2D eigenvalue weighted by molar-refractivity contribution is -0.0238. The zero-order valence-electron chi connectivity index (χ0n) is 10.3. The Kier molecular flexibility index (Phi) is 3.19. The molecule has 0 saturated carbocycles. The van der Waals surface area contributed by atoms with Crippen molar-refractivity contribution in [3.63, 3.8) is 0 Å². The quantitative estimate of drug-likeness (QED) is 0.864. The molecule has 1 aromatic rings. The molecule has 4 nitrogen and oxygen atoms in total. The largest absolute Gasteiger partial charge is 0.371 e. The summed E-state index contributed by atoms with van der Waals surface area (Å²) in [6.07, 6.45) is 2.69. The number of fused-ring (bicyclic) bond motifs is 2. The standard InChI is InChI=1S/C14H18N2O2/c17-14(15-8-11-4-2-1-3-5-11)16-9-12-6-7-13(10-16)18-12/h1-5,12-13H,6-10H2,(H,15,17). The molecule has 4 heteroatoms. The number of likely N-dealkylation sites (tertiary alicyclic amines) is 1. The van der Waals surface area contributed by atoms with Crippen molar-refractivity contribution in [3.05, 3.63) is 35.9 Å².